The van der Waals surface area contributed by atoms with Crippen LogP contribution in [-0.4, -0.2) is 47.2 Å². The van der Waals surface area contributed by atoms with E-state index in [0.717, 1.165) is 5.56 Å². The summed E-state index contributed by atoms with van der Waals surface area (Å²) in [7, 11) is 0.474. The molecule has 162 valence electrons. The molecule has 0 spiro atoms. The highest BCUT2D eigenvalue weighted by atomic mass is 35.5. The van der Waals surface area contributed by atoms with Crippen molar-refractivity contribution in [3.05, 3.63) is 52.5 Å². The minimum Gasteiger partial charge on any atom is -0.496 e. The third-order valence-corrected chi connectivity index (χ3v) is 6.14. The average molecular weight is 472 g/mol. The van der Waals surface area contributed by atoms with Crippen LogP contribution in [0.5, 0.6) is 11.5 Å². The number of amides is 1. The molecule has 0 aliphatic heterocycles. The summed E-state index contributed by atoms with van der Waals surface area (Å²) in [5.74, 6) is 0.257. The van der Waals surface area contributed by atoms with Crippen molar-refractivity contribution in [1.29, 1.82) is 0 Å². The van der Waals surface area contributed by atoms with Crippen molar-refractivity contribution in [3.63, 3.8) is 0 Å². The third kappa shape index (κ3) is 5.97. The summed E-state index contributed by atoms with van der Waals surface area (Å²) in [5.41, 5.74) is 1.11. The number of hydrogen-bond acceptors (Lipinski definition) is 6. The second-order valence-electron chi connectivity index (χ2n) is 6.02. The molecule has 11 heteroatoms. The lowest BCUT2D eigenvalue weighted by Gasteiger charge is -2.13. The van der Waals surface area contributed by atoms with Crippen LogP contribution in [0.2, 0.25) is 5.02 Å². The number of nitrogens with one attached hydrogen (secondary N) is 3. The molecule has 0 radical (unpaired) electrons. The van der Waals surface area contributed by atoms with Crippen LogP contribution >= 0.6 is 23.8 Å². The molecule has 0 fully saturated rings. The van der Waals surface area contributed by atoms with Gasteiger partial charge in [0.05, 0.1) is 19.8 Å². The minimum atomic E-state index is -3.89. The minimum absolute atomic E-state index is 0.0275. The molecule has 0 aliphatic rings. The summed E-state index contributed by atoms with van der Waals surface area (Å²) in [6.45, 7) is 0.311. The Balaban J connectivity index is 2.09. The lowest BCUT2D eigenvalue weighted by molar-refractivity contribution is 0.0951. The number of methoxy groups -OCH3 is 2. The van der Waals surface area contributed by atoms with E-state index in [2.05, 4.69) is 15.4 Å². The van der Waals surface area contributed by atoms with E-state index >= 15 is 0 Å². The number of carbonyl (C=O) groups is 1. The van der Waals surface area contributed by atoms with E-state index in [1.165, 1.54) is 33.4 Å². The maximum absolute atomic E-state index is 12.4. The second-order valence-corrected chi connectivity index (χ2v) is 8.52. The van der Waals surface area contributed by atoms with E-state index in [-0.39, 0.29) is 21.7 Å². The van der Waals surface area contributed by atoms with Gasteiger partial charge in [-0.2, -0.15) is 0 Å². The zero-order valence-corrected chi connectivity index (χ0v) is 19.0. The fourth-order valence-electron chi connectivity index (χ4n) is 2.59. The molecule has 2 aromatic carbocycles. The molecular weight excluding hydrogens is 450 g/mol. The van der Waals surface area contributed by atoms with Crippen molar-refractivity contribution in [1.82, 2.24) is 15.4 Å². The van der Waals surface area contributed by atoms with E-state index in [4.69, 9.17) is 33.3 Å². The Labute approximate surface area is 186 Å². The standard InChI is InChI=1S/C19H22ClN3O5S2/c1-21-19(29)23-30(25,26)17-7-4-12(10-16(17)28-3)8-9-22-18(24)14-11-13(20)5-6-15(14)27-2/h4-7,10-11H,8-9H2,1-3H3,(H,22,24)(H2,21,23,29). The number of hydrogen-bond donors (Lipinski definition) is 3. The maximum Gasteiger partial charge on any atom is 0.267 e. The summed E-state index contributed by atoms with van der Waals surface area (Å²) in [6, 6.07) is 9.46. The molecule has 0 aromatic heterocycles. The maximum atomic E-state index is 12.4. The summed E-state index contributed by atoms with van der Waals surface area (Å²) in [5, 5.41) is 5.73. The van der Waals surface area contributed by atoms with Crippen LogP contribution in [0.4, 0.5) is 0 Å². The van der Waals surface area contributed by atoms with Crippen LogP contribution in [0, 0.1) is 0 Å². The fourth-order valence-corrected chi connectivity index (χ4v) is 4.20. The topological polar surface area (TPSA) is 106 Å². The average Bonchev–Trinajstić information content (AvgIpc) is 2.72. The van der Waals surface area contributed by atoms with Crippen LogP contribution in [0.3, 0.4) is 0 Å². The zero-order chi connectivity index (χ0) is 22.3. The predicted molar refractivity (Wildman–Crippen MR) is 119 cm³/mol. The van der Waals surface area contributed by atoms with Crippen molar-refractivity contribution in [2.45, 2.75) is 11.3 Å². The number of rotatable bonds is 8. The number of carbonyl (C=O) groups excluding carboxylic acids is 1. The molecule has 0 heterocycles. The van der Waals surface area contributed by atoms with Gasteiger partial charge in [-0.3, -0.25) is 9.52 Å². The Morgan fingerprint density at radius 1 is 1.10 bits per heavy atom. The van der Waals surface area contributed by atoms with Crippen molar-refractivity contribution in [2.75, 3.05) is 27.8 Å². The first kappa shape index (κ1) is 23.7. The molecular formula is C19H22ClN3O5S2. The Bertz CT molecular complexity index is 1040. The first-order valence-corrected chi connectivity index (χ1v) is 11.0. The van der Waals surface area contributed by atoms with E-state index in [9.17, 15) is 13.2 Å². The first-order chi connectivity index (χ1) is 14.2. The molecule has 8 nitrogen and oxygen atoms in total. The molecule has 2 aromatic rings. The Kier molecular flexibility index (Phi) is 8.27. The van der Waals surface area contributed by atoms with Gasteiger partial charge in [-0.25, -0.2) is 8.42 Å². The van der Waals surface area contributed by atoms with Crippen LogP contribution in [-0.2, 0) is 16.4 Å². The predicted octanol–water partition coefficient (Wildman–Crippen LogP) is 2.11. The third-order valence-electron chi connectivity index (χ3n) is 4.08. The number of ether oxygens (including phenoxy) is 2. The summed E-state index contributed by atoms with van der Waals surface area (Å²) >= 11 is 10.8. The van der Waals surface area contributed by atoms with Gasteiger partial charge in [-0.05, 0) is 54.5 Å². The van der Waals surface area contributed by atoms with Crippen LogP contribution in [0.15, 0.2) is 41.3 Å². The molecule has 0 atom stereocenters. The molecule has 30 heavy (non-hydrogen) atoms. The van der Waals surface area contributed by atoms with E-state index < -0.39 is 10.0 Å². The van der Waals surface area contributed by atoms with Gasteiger partial charge in [0.1, 0.15) is 16.4 Å². The van der Waals surface area contributed by atoms with Gasteiger partial charge in [0, 0.05) is 18.6 Å². The van der Waals surface area contributed by atoms with Crippen LogP contribution in [0.25, 0.3) is 0 Å². The summed E-state index contributed by atoms with van der Waals surface area (Å²) < 4.78 is 37.5. The molecule has 0 aliphatic carbocycles. The summed E-state index contributed by atoms with van der Waals surface area (Å²) in [6.07, 6.45) is 0.452. The Morgan fingerprint density at radius 3 is 2.43 bits per heavy atom. The molecule has 3 N–H and O–H groups in total. The van der Waals surface area contributed by atoms with Crippen molar-refractivity contribution in [2.24, 2.45) is 0 Å². The summed E-state index contributed by atoms with van der Waals surface area (Å²) in [4.78, 5) is 12.4. The normalized spacial score (nSPS) is 10.8. The smallest absolute Gasteiger partial charge is 0.267 e. The highest BCUT2D eigenvalue weighted by Gasteiger charge is 2.21. The highest BCUT2D eigenvalue weighted by molar-refractivity contribution is 7.92. The Morgan fingerprint density at radius 2 is 1.80 bits per heavy atom. The zero-order valence-electron chi connectivity index (χ0n) is 16.6. The fraction of sp³-hybridized carbons (Fsp3) is 0.263. The van der Waals surface area contributed by atoms with Crippen LogP contribution in [0.1, 0.15) is 15.9 Å². The molecule has 0 unspecified atom stereocenters. The first-order valence-electron chi connectivity index (χ1n) is 8.75. The van der Waals surface area contributed by atoms with Gasteiger partial charge < -0.3 is 20.1 Å². The lowest BCUT2D eigenvalue weighted by Crippen LogP contribution is -2.37. The quantitative estimate of drug-likeness (QED) is 0.506. The van der Waals surface area contributed by atoms with Gasteiger partial charge in [0.2, 0.25) is 0 Å². The molecule has 0 bridgehead atoms. The number of thiocarbonyl (C=S) groups is 1. The number of benzene rings is 2. The van der Waals surface area contributed by atoms with E-state index in [1.807, 2.05) is 0 Å². The van der Waals surface area contributed by atoms with Crippen molar-refractivity contribution >= 4 is 44.9 Å². The van der Waals surface area contributed by atoms with Gasteiger partial charge in [-0.1, -0.05) is 17.7 Å². The van der Waals surface area contributed by atoms with E-state index in [1.54, 1.807) is 24.3 Å². The van der Waals surface area contributed by atoms with Gasteiger partial charge in [0.15, 0.2) is 5.11 Å². The highest BCUT2D eigenvalue weighted by Crippen LogP contribution is 2.25. The van der Waals surface area contributed by atoms with Gasteiger partial charge >= 0.3 is 0 Å². The monoisotopic (exact) mass is 471 g/mol. The second kappa shape index (κ2) is 10.5. The van der Waals surface area contributed by atoms with Crippen molar-refractivity contribution in [3.8, 4) is 11.5 Å². The number of sulfonamides is 1. The van der Waals surface area contributed by atoms with Crippen LogP contribution < -0.4 is 24.8 Å². The molecule has 0 saturated carbocycles. The molecule has 0 saturated heterocycles. The molecule has 1 amide bonds. The van der Waals surface area contributed by atoms with Gasteiger partial charge in [0.25, 0.3) is 15.9 Å². The SMILES string of the molecule is CNC(=S)NS(=O)(=O)c1ccc(CCNC(=O)c2cc(Cl)ccc2OC)cc1OC. The van der Waals surface area contributed by atoms with E-state index in [0.29, 0.717) is 29.3 Å². The molecule has 2 rings (SSSR count). The van der Waals surface area contributed by atoms with Gasteiger partial charge in [-0.15, -0.1) is 0 Å². The number of halogens is 1. The Hall–Kier alpha value is -2.56. The van der Waals surface area contributed by atoms with Crippen molar-refractivity contribution < 1.29 is 22.7 Å². The largest absolute Gasteiger partial charge is 0.496 e. The lowest BCUT2D eigenvalue weighted by atomic mass is 10.1.